The molecule has 4 rings (SSSR count). The zero-order valence-electron chi connectivity index (χ0n) is 15.7. The maximum atomic E-state index is 12.9. The Morgan fingerprint density at radius 3 is 2.63 bits per heavy atom. The molecule has 0 radical (unpaired) electrons. The van der Waals surface area contributed by atoms with Crippen LogP contribution in [0.2, 0.25) is 0 Å². The van der Waals surface area contributed by atoms with Crippen molar-refractivity contribution in [3.8, 4) is 0 Å². The maximum absolute atomic E-state index is 12.9. The number of anilines is 1. The van der Waals surface area contributed by atoms with Gasteiger partial charge in [-0.05, 0) is 42.8 Å². The lowest BCUT2D eigenvalue weighted by atomic mass is 9.95. The third-order valence-corrected chi connectivity index (χ3v) is 5.34. The van der Waals surface area contributed by atoms with Gasteiger partial charge < -0.3 is 20.1 Å². The van der Waals surface area contributed by atoms with Crippen LogP contribution in [0.3, 0.4) is 0 Å². The zero-order chi connectivity index (χ0) is 19.0. The van der Waals surface area contributed by atoms with E-state index in [0.29, 0.717) is 31.8 Å². The zero-order valence-corrected chi connectivity index (χ0v) is 15.7. The van der Waals surface area contributed by atoms with E-state index in [1.54, 1.807) is 11.9 Å². The van der Waals surface area contributed by atoms with E-state index >= 15 is 0 Å². The summed E-state index contributed by atoms with van der Waals surface area (Å²) in [6.07, 6.45) is 2.54. The standard InChI is InChI=1S/C22H24N2O3/c1-15-5-3-4-6-16(15)13-19-18-14-17(7-8-20(18)24(2)21(19)25)22(9-10-23)26-11-12-27-22/h3-8,13-14H,9-12,23H2,1-2H3/b19-13-. The SMILES string of the molecule is Cc1ccccc1/C=C1\C(=O)N(C)c2ccc(C3(CCN)OCCO3)cc21. The fourth-order valence-corrected chi connectivity index (χ4v) is 3.83. The van der Waals surface area contributed by atoms with Gasteiger partial charge in [0, 0.05) is 30.2 Å². The number of aryl methyl sites for hydroxylation is 1. The van der Waals surface area contributed by atoms with Crippen LogP contribution >= 0.6 is 0 Å². The van der Waals surface area contributed by atoms with Gasteiger partial charge in [-0.15, -0.1) is 0 Å². The van der Waals surface area contributed by atoms with Gasteiger partial charge in [0.15, 0.2) is 5.79 Å². The van der Waals surface area contributed by atoms with Crippen molar-refractivity contribution in [2.75, 3.05) is 31.7 Å². The number of benzene rings is 2. The van der Waals surface area contributed by atoms with Crippen LogP contribution in [-0.4, -0.2) is 32.7 Å². The van der Waals surface area contributed by atoms with Crippen LogP contribution in [0.1, 0.15) is 28.7 Å². The molecule has 1 amide bonds. The first kappa shape index (κ1) is 17.9. The lowest BCUT2D eigenvalue weighted by Gasteiger charge is -2.28. The topological polar surface area (TPSA) is 64.8 Å². The Labute approximate surface area is 159 Å². The minimum absolute atomic E-state index is 0.00784. The fourth-order valence-electron chi connectivity index (χ4n) is 3.83. The van der Waals surface area contributed by atoms with Crippen LogP contribution in [0.4, 0.5) is 5.69 Å². The van der Waals surface area contributed by atoms with E-state index in [1.165, 1.54) is 0 Å². The van der Waals surface area contributed by atoms with Crippen LogP contribution in [0.15, 0.2) is 42.5 Å². The number of rotatable bonds is 4. The highest BCUT2D eigenvalue weighted by atomic mass is 16.7. The minimum Gasteiger partial charge on any atom is -0.343 e. The van der Waals surface area contributed by atoms with Crippen LogP contribution < -0.4 is 10.6 Å². The number of amides is 1. The predicted molar refractivity (Wildman–Crippen MR) is 106 cm³/mol. The second-order valence-electron chi connectivity index (χ2n) is 7.00. The van der Waals surface area contributed by atoms with Gasteiger partial charge in [0.25, 0.3) is 5.91 Å². The molecule has 140 valence electrons. The first-order valence-corrected chi connectivity index (χ1v) is 9.24. The Morgan fingerprint density at radius 1 is 1.19 bits per heavy atom. The molecule has 2 N–H and O–H groups in total. The molecule has 1 fully saturated rings. The minimum atomic E-state index is -0.818. The summed E-state index contributed by atoms with van der Waals surface area (Å²) in [4.78, 5) is 14.6. The highest BCUT2D eigenvalue weighted by molar-refractivity contribution is 6.35. The molecule has 0 aromatic heterocycles. The number of carbonyl (C=O) groups is 1. The average molecular weight is 364 g/mol. The van der Waals surface area contributed by atoms with Gasteiger partial charge in [-0.25, -0.2) is 0 Å². The lowest BCUT2D eigenvalue weighted by molar-refractivity contribution is -0.168. The Morgan fingerprint density at radius 2 is 1.93 bits per heavy atom. The van der Waals surface area contributed by atoms with Crippen LogP contribution in [0.25, 0.3) is 11.6 Å². The molecule has 0 bridgehead atoms. The number of hydrogen-bond acceptors (Lipinski definition) is 4. The van der Waals surface area contributed by atoms with Gasteiger partial charge in [0.2, 0.25) is 0 Å². The van der Waals surface area contributed by atoms with E-state index in [-0.39, 0.29) is 5.91 Å². The van der Waals surface area contributed by atoms with E-state index in [2.05, 4.69) is 0 Å². The quantitative estimate of drug-likeness (QED) is 0.847. The van der Waals surface area contributed by atoms with Gasteiger partial charge in [-0.1, -0.05) is 30.3 Å². The van der Waals surface area contributed by atoms with Crippen molar-refractivity contribution in [1.29, 1.82) is 0 Å². The van der Waals surface area contributed by atoms with Crippen LogP contribution in [0.5, 0.6) is 0 Å². The molecule has 2 aromatic carbocycles. The molecule has 2 aliphatic rings. The number of carbonyl (C=O) groups excluding carboxylic acids is 1. The summed E-state index contributed by atoms with van der Waals surface area (Å²) in [5.41, 5.74) is 11.4. The van der Waals surface area contributed by atoms with Crippen LogP contribution in [-0.2, 0) is 20.1 Å². The molecule has 2 aliphatic heterocycles. The van der Waals surface area contributed by atoms with Crippen molar-refractivity contribution in [1.82, 2.24) is 0 Å². The Bertz CT molecular complexity index is 914. The third-order valence-electron chi connectivity index (χ3n) is 5.34. The van der Waals surface area contributed by atoms with E-state index in [1.807, 2.05) is 55.5 Å². The van der Waals surface area contributed by atoms with Gasteiger partial charge in [-0.2, -0.15) is 0 Å². The molecule has 1 saturated heterocycles. The second-order valence-corrected chi connectivity index (χ2v) is 7.00. The number of ether oxygens (including phenoxy) is 2. The third kappa shape index (κ3) is 2.98. The van der Waals surface area contributed by atoms with Gasteiger partial charge in [0.1, 0.15) is 0 Å². The van der Waals surface area contributed by atoms with Crippen LogP contribution in [0, 0.1) is 6.92 Å². The number of hydrogen-bond donors (Lipinski definition) is 1. The first-order chi connectivity index (χ1) is 13.1. The number of fused-ring (bicyclic) bond motifs is 1. The summed E-state index contributed by atoms with van der Waals surface area (Å²) >= 11 is 0. The summed E-state index contributed by atoms with van der Waals surface area (Å²) in [5.74, 6) is -0.826. The summed E-state index contributed by atoms with van der Waals surface area (Å²) in [6, 6.07) is 14.0. The summed E-state index contributed by atoms with van der Waals surface area (Å²) in [6.45, 7) is 3.59. The second kappa shape index (κ2) is 6.93. The Hall–Kier alpha value is -2.47. The van der Waals surface area contributed by atoms with Gasteiger partial charge in [0.05, 0.1) is 18.9 Å². The van der Waals surface area contributed by atoms with Crippen molar-refractivity contribution in [2.45, 2.75) is 19.1 Å². The molecule has 0 unspecified atom stereocenters. The molecular formula is C22H24N2O3. The highest BCUT2D eigenvalue weighted by Gasteiger charge is 2.40. The van der Waals surface area contributed by atoms with Gasteiger partial charge >= 0.3 is 0 Å². The fraction of sp³-hybridized carbons (Fsp3) is 0.318. The number of likely N-dealkylation sites (N-methyl/N-ethyl adjacent to an activating group) is 1. The van der Waals surface area contributed by atoms with Crippen molar-refractivity contribution in [2.24, 2.45) is 5.73 Å². The summed E-state index contributed by atoms with van der Waals surface area (Å²) in [7, 11) is 1.80. The molecule has 27 heavy (non-hydrogen) atoms. The average Bonchev–Trinajstić information content (AvgIpc) is 3.24. The predicted octanol–water partition coefficient (Wildman–Crippen LogP) is 3.06. The molecule has 2 aromatic rings. The van der Waals surface area contributed by atoms with E-state index in [9.17, 15) is 4.79 Å². The van der Waals surface area contributed by atoms with E-state index in [4.69, 9.17) is 15.2 Å². The largest absolute Gasteiger partial charge is 0.343 e. The molecule has 0 aliphatic carbocycles. The monoisotopic (exact) mass is 364 g/mol. The number of nitrogens with zero attached hydrogens (tertiary/aromatic N) is 1. The molecule has 2 heterocycles. The summed E-state index contributed by atoms with van der Waals surface area (Å²) in [5, 5.41) is 0. The molecular weight excluding hydrogens is 340 g/mol. The molecule has 0 saturated carbocycles. The highest BCUT2D eigenvalue weighted by Crippen LogP contribution is 2.42. The Kier molecular flexibility index (Phi) is 4.60. The van der Waals surface area contributed by atoms with Crippen molar-refractivity contribution < 1.29 is 14.3 Å². The van der Waals surface area contributed by atoms with E-state index < -0.39 is 5.79 Å². The smallest absolute Gasteiger partial charge is 0.258 e. The van der Waals surface area contributed by atoms with E-state index in [0.717, 1.165) is 27.9 Å². The van der Waals surface area contributed by atoms with Gasteiger partial charge in [-0.3, -0.25) is 4.79 Å². The van der Waals surface area contributed by atoms with Crippen molar-refractivity contribution in [3.63, 3.8) is 0 Å². The lowest BCUT2D eigenvalue weighted by Crippen LogP contribution is -2.30. The van der Waals surface area contributed by atoms with Crippen molar-refractivity contribution >= 4 is 23.2 Å². The normalized spacial score (nSPS) is 19.7. The summed E-state index contributed by atoms with van der Waals surface area (Å²) < 4.78 is 11.9. The molecule has 0 atom stereocenters. The van der Waals surface area contributed by atoms with Crippen molar-refractivity contribution in [3.05, 3.63) is 64.7 Å². The molecule has 5 heteroatoms. The maximum Gasteiger partial charge on any atom is 0.258 e. The number of nitrogens with two attached hydrogens (primary N) is 1. The first-order valence-electron chi connectivity index (χ1n) is 9.24. The molecule has 5 nitrogen and oxygen atoms in total. The molecule has 0 spiro atoms. The Balaban J connectivity index is 1.83.